The summed E-state index contributed by atoms with van der Waals surface area (Å²) in [6.07, 6.45) is 0.203. The molecule has 2 atom stereocenters. The van der Waals surface area contributed by atoms with Crippen LogP contribution in [0.1, 0.15) is 37.0 Å². The molecule has 0 spiro atoms. The molecule has 5 nitrogen and oxygen atoms in total. The minimum Gasteiger partial charge on any atom is -0.323 e. The number of rotatable bonds is 5. The van der Waals surface area contributed by atoms with Crippen LogP contribution in [0.3, 0.4) is 0 Å². The lowest BCUT2D eigenvalue weighted by molar-refractivity contribution is -0.121. The molecule has 1 aliphatic heterocycles. The number of carbonyl (C=O) groups excluding carboxylic acids is 2. The van der Waals surface area contributed by atoms with E-state index in [1.54, 1.807) is 4.90 Å². The Bertz CT molecular complexity index is 873. The summed E-state index contributed by atoms with van der Waals surface area (Å²) in [4.78, 5) is 30.3. The molecule has 1 aliphatic rings. The monoisotopic (exact) mass is 379 g/mol. The van der Waals surface area contributed by atoms with Crippen molar-refractivity contribution in [2.24, 2.45) is 0 Å². The van der Waals surface area contributed by atoms with Gasteiger partial charge in [-0.05, 0) is 56.9 Å². The Morgan fingerprint density at radius 1 is 1.00 bits per heavy atom. The standard InChI is InChI=1S/C23H29N3O2/c1-6-14-25-18(5)23(28)26(19-13-8-7-10-15(19)2)22(25)21(27)24-20-16(3)11-9-12-17(20)4/h7-13,18,22H,6,14H2,1-5H3,(H,24,27)/t18-,22+/m0/s1. The van der Waals surface area contributed by atoms with E-state index in [2.05, 4.69) is 12.2 Å². The van der Waals surface area contributed by atoms with Crippen LogP contribution in [0.4, 0.5) is 11.4 Å². The lowest BCUT2D eigenvalue weighted by Crippen LogP contribution is -2.49. The van der Waals surface area contributed by atoms with Gasteiger partial charge in [-0.15, -0.1) is 0 Å². The Morgan fingerprint density at radius 2 is 1.61 bits per heavy atom. The van der Waals surface area contributed by atoms with Crippen molar-refractivity contribution in [1.82, 2.24) is 4.90 Å². The number of hydrogen-bond donors (Lipinski definition) is 1. The highest BCUT2D eigenvalue weighted by Gasteiger charge is 2.48. The number of hydrogen-bond acceptors (Lipinski definition) is 3. The highest BCUT2D eigenvalue weighted by Crippen LogP contribution is 2.32. The molecular formula is C23H29N3O2. The maximum Gasteiger partial charge on any atom is 0.262 e. The maximum absolute atomic E-state index is 13.4. The minimum absolute atomic E-state index is 0.0376. The molecule has 0 radical (unpaired) electrons. The number of aryl methyl sites for hydroxylation is 3. The second kappa shape index (κ2) is 8.15. The summed E-state index contributed by atoms with van der Waals surface area (Å²) in [6.45, 7) is 10.6. The number of para-hydroxylation sites is 2. The van der Waals surface area contributed by atoms with E-state index in [-0.39, 0.29) is 17.9 Å². The van der Waals surface area contributed by atoms with Crippen molar-refractivity contribution in [2.45, 2.75) is 53.2 Å². The van der Waals surface area contributed by atoms with Crippen molar-refractivity contribution in [2.75, 3.05) is 16.8 Å². The van der Waals surface area contributed by atoms with E-state index in [1.165, 1.54) is 0 Å². The van der Waals surface area contributed by atoms with Gasteiger partial charge in [0.05, 0.1) is 6.04 Å². The van der Waals surface area contributed by atoms with Crippen molar-refractivity contribution in [1.29, 1.82) is 0 Å². The Balaban J connectivity index is 2.03. The van der Waals surface area contributed by atoms with E-state index in [0.29, 0.717) is 6.54 Å². The first-order valence-electron chi connectivity index (χ1n) is 9.88. The van der Waals surface area contributed by atoms with Crippen LogP contribution in [-0.4, -0.2) is 35.5 Å². The number of anilines is 2. The van der Waals surface area contributed by atoms with Crippen molar-refractivity contribution >= 4 is 23.2 Å². The van der Waals surface area contributed by atoms with Gasteiger partial charge in [0.2, 0.25) is 5.91 Å². The molecule has 1 saturated heterocycles. The molecule has 0 aromatic heterocycles. The average Bonchev–Trinajstić information content (AvgIpc) is 2.90. The zero-order valence-corrected chi connectivity index (χ0v) is 17.3. The molecule has 1 fully saturated rings. The van der Waals surface area contributed by atoms with Gasteiger partial charge in [-0.3, -0.25) is 19.4 Å². The number of benzene rings is 2. The van der Waals surface area contributed by atoms with Crippen LogP contribution in [0.2, 0.25) is 0 Å². The molecule has 0 unspecified atom stereocenters. The molecule has 0 bridgehead atoms. The van der Waals surface area contributed by atoms with Crippen LogP contribution in [-0.2, 0) is 9.59 Å². The predicted molar refractivity (Wildman–Crippen MR) is 113 cm³/mol. The van der Waals surface area contributed by atoms with E-state index < -0.39 is 6.17 Å². The van der Waals surface area contributed by atoms with Crippen LogP contribution in [0.15, 0.2) is 42.5 Å². The molecule has 1 N–H and O–H groups in total. The number of nitrogens with one attached hydrogen (secondary N) is 1. The van der Waals surface area contributed by atoms with Crippen LogP contribution >= 0.6 is 0 Å². The zero-order chi connectivity index (χ0) is 20.4. The van der Waals surface area contributed by atoms with Gasteiger partial charge in [-0.1, -0.05) is 43.3 Å². The molecule has 1 heterocycles. The van der Waals surface area contributed by atoms with Crippen LogP contribution in [0.25, 0.3) is 0 Å². The Labute approximate surface area is 167 Å². The highest BCUT2D eigenvalue weighted by atomic mass is 16.2. The normalized spacial score (nSPS) is 19.9. The summed E-state index contributed by atoms with van der Waals surface area (Å²) in [5.74, 6) is -0.212. The van der Waals surface area contributed by atoms with Gasteiger partial charge in [-0.2, -0.15) is 0 Å². The Morgan fingerprint density at radius 3 is 2.21 bits per heavy atom. The van der Waals surface area contributed by atoms with E-state index in [1.807, 2.05) is 75.1 Å². The second-order valence-electron chi connectivity index (χ2n) is 7.54. The van der Waals surface area contributed by atoms with Gasteiger partial charge < -0.3 is 5.32 Å². The molecule has 3 rings (SSSR count). The first-order chi connectivity index (χ1) is 13.4. The van der Waals surface area contributed by atoms with Gasteiger partial charge in [0.15, 0.2) is 6.17 Å². The summed E-state index contributed by atoms with van der Waals surface area (Å²) in [5.41, 5.74) is 4.61. The molecule has 2 aromatic carbocycles. The van der Waals surface area contributed by atoms with E-state index >= 15 is 0 Å². The second-order valence-corrected chi connectivity index (χ2v) is 7.54. The van der Waals surface area contributed by atoms with Gasteiger partial charge in [0, 0.05) is 17.9 Å². The number of nitrogens with zero attached hydrogens (tertiary/aromatic N) is 2. The summed E-state index contributed by atoms with van der Waals surface area (Å²) < 4.78 is 0. The molecular weight excluding hydrogens is 350 g/mol. The van der Waals surface area contributed by atoms with Crippen molar-refractivity contribution in [3.8, 4) is 0 Å². The Kier molecular flexibility index (Phi) is 5.84. The fourth-order valence-electron chi connectivity index (χ4n) is 3.95. The van der Waals surface area contributed by atoms with Crippen LogP contribution in [0.5, 0.6) is 0 Å². The largest absolute Gasteiger partial charge is 0.323 e. The summed E-state index contributed by atoms with van der Waals surface area (Å²) in [6, 6.07) is 13.3. The smallest absolute Gasteiger partial charge is 0.262 e. The third kappa shape index (κ3) is 3.54. The number of carbonyl (C=O) groups is 2. The zero-order valence-electron chi connectivity index (χ0n) is 17.3. The first-order valence-corrected chi connectivity index (χ1v) is 9.88. The van der Waals surface area contributed by atoms with E-state index in [0.717, 1.165) is 34.5 Å². The molecule has 2 aromatic rings. The molecule has 28 heavy (non-hydrogen) atoms. The van der Waals surface area contributed by atoms with Gasteiger partial charge >= 0.3 is 0 Å². The van der Waals surface area contributed by atoms with Crippen LogP contribution in [0, 0.1) is 20.8 Å². The Hall–Kier alpha value is -2.66. The SMILES string of the molecule is CCCN1[C@@H](C)C(=O)N(c2ccccc2C)[C@@H]1C(=O)Nc1c(C)cccc1C. The summed E-state index contributed by atoms with van der Waals surface area (Å²) in [7, 11) is 0. The first kappa shape index (κ1) is 20.1. The lowest BCUT2D eigenvalue weighted by Gasteiger charge is -2.30. The third-order valence-electron chi connectivity index (χ3n) is 5.47. The maximum atomic E-state index is 13.4. The predicted octanol–water partition coefficient (Wildman–Crippen LogP) is 4.02. The van der Waals surface area contributed by atoms with Gasteiger partial charge in [0.25, 0.3) is 5.91 Å². The highest BCUT2D eigenvalue weighted by molar-refractivity contribution is 6.09. The van der Waals surface area contributed by atoms with Gasteiger partial charge in [0.1, 0.15) is 0 Å². The van der Waals surface area contributed by atoms with E-state index in [9.17, 15) is 9.59 Å². The van der Waals surface area contributed by atoms with E-state index in [4.69, 9.17) is 0 Å². The fourth-order valence-corrected chi connectivity index (χ4v) is 3.95. The quantitative estimate of drug-likeness (QED) is 0.854. The molecule has 0 saturated carbocycles. The van der Waals surface area contributed by atoms with Crippen molar-refractivity contribution < 1.29 is 9.59 Å². The van der Waals surface area contributed by atoms with Crippen molar-refractivity contribution in [3.63, 3.8) is 0 Å². The molecule has 5 heteroatoms. The summed E-state index contributed by atoms with van der Waals surface area (Å²) >= 11 is 0. The van der Waals surface area contributed by atoms with Crippen molar-refractivity contribution in [3.05, 3.63) is 59.2 Å². The lowest BCUT2D eigenvalue weighted by atomic mass is 10.1. The average molecular weight is 380 g/mol. The molecule has 2 amide bonds. The molecule has 148 valence electrons. The van der Waals surface area contributed by atoms with Crippen LogP contribution < -0.4 is 10.2 Å². The van der Waals surface area contributed by atoms with Gasteiger partial charge in [-0.25, -0.2) is 0 Å². The topological polar surface area (TPSA) is 52.7 Å². The number of amides is 2. The molecule has 0 aliphatic carbocycles. The minimum atomic E-state index is -0.664. The summed E-state index contributed by atoms with van der Waals surface area (Å²) in [5, 5.41) is 3.09. The fraction of sp³-hybridized carbons (Fsp3) is 0.391. The third-order valence-corrected chi connectivity index (χ3v) is 5.47.